The van der Waals surface area contributed by atoms with E-state index in [-0.39, 0.29) is 16.0 Å². The first-order valence-corrected chi connectivity index (χ1v) is 14.2. The van der Waals surface area contributed by atoms with Crippen molar-refractivity contribution < 1.29 is 9.22 Å². The van der Waals surface area contributed by atoms with E-state index < -0.39 is 8.32 Å². The van der Waals surface area contributed by atoms with Crippen molar-refractivity contribution >= 4 is 25.2 Å². The van der Waals surface area contributed by atoms with Gasteiger partial charge in [-0.05, 0) is 34.5 Å². The zero-order valence-electron chi connectivity index (χ0n) is 20.4. The van der Waals surface area contributed by atoms with Crippen LogP contribution in [0.1, 0.15) is 81.2 Å². The van der Waals surface area contributed by atoms with Gasteiger partial charge in [-0.2, -0.15) is 0 Å². The second kappa shape index (κ2) is 11.2. The van der Waals surface area contributed by atoms with E-state index in [1.165, 1.54) is 17.3 Å². The van der Waals surface area contributed by atoms with Gasteiger partial charge in [-0.1, -0.05) is 111 Å². The number of hydrogen-bond acceptors (Lipinski definition) is 3. The Hall–Kier alpha value is -0.583. The molecule has 1 aromatic rings. The average molecular weight is 437 g/mol. The predicted molar refractivity (Wildman–Crippen MR) is 132 cm³/mol. The van der Waals surface area contributed by atoms with Crippen LogP contribution in [0.4, 0.5) is 0 Å². The van der Waals surface area contributed by atoms with Gasteiger partial charge in [0.25, 0.3) is 0 Å². The zero-order valence-corrected chi connectivity index (χ0v) is 22.2. The lowest BCUT2D eigenvalue weighted by Gasteiger charge is -2.46. The van der Waals surface area contributed by atoms with Gasteiger partial charge in [-0.25, -0.2) is 0 Å². The molecule has 0 bridgehead atoms. The Balaban J connectivity index is 3.18. The van der Waals surface area contributed by atoms with Gasteiger partial charge in [-0.15, -0.1) is 0 Å². The molecule has 0 aliphatic carbocycles. The van der Waals surface area contributed by atoms with Crippen LogP contribution in [0.3, 0.4) is 0 Å². The van der Waals surface area contributed by atoms with Crippen molar-refractivity contribution in [3.8, 4) is 0 Å². The van der Waals surface area contributed by atoms with Crippen molar-refractivity contribution in [3.63, 3.8) is 0 Å². The van der Waals surface area contributed by atoms with Gasteiger partial charge in [0, 0.05) is 11.2 Å². The second-order valence-electron chi connectivity index (χ2n) is 10.4. The van der Waals surface area contributed by atoms with Crippen LogP contribution in [0, 0.1) is 5.92 Å². The smallest absolute Gasteiger partial charge is 0.200 e. The molecular weight excluding hydrogens is 392 g/mol. The minimum atomic E-state index is -2.06. The molecule has 1 rings (SSSR count). The van der Waals surface area contributed by atoms with Gasteiger partial charge < -0.3 is 4.43 Å². The van der Waals surface area contributed by atoms with Crippen LogP contribution < -0.4 is 0 Å². The molecule has 0 unspecified atom stereocenters. The molecule has 0 aromatic heterocycles. The van der Waals surface area contributed by atoms with Crippen molar-refractivity contribution in [1.29, 1.82) is 0 Å². The third-order valence-corrected chi connectivity index (χ3v) is 13.0. The Morgan fingerprint density at radius 3 is 1.83 bits per heavy atom. The van der Waals surface area contributed by atoms with E-state index in [1.807, 2.05) is 0 Å². The minimum absolute atomic E-state index is 0.0311. The van der Waals surface area contributed by atoms with Crippen LogP contribution in [0.2, 0.25) is 16.6 Å². The fraction of sp³-hybridized carbons (Fsp3) is 0.720. The number of benzene rings is 1. The maximum absolute atomic E-state index is 12.9. The van der Waals surface area contributed by atoms with E-state index in [9.17, 15) is 4.79 Å². The van der Waals surface area contributed by atoms with Crippen LogP contribution in [0.5, 0.6) is 0 Å². The summed E-state index contributed by atoms with van der Waals surface area (Å²) in [6, 6.07) is 10.6. The Labute approximate surface area is 185 Å². The average Bonchev–Trinajstić information content (AvgIpc) is 2.56. The fourth-order valence-electron chi connectivity index (χ4n) is 4.69. The number of hydrogen-bond donors (Lipinski definition) is 0. The van der Waals surface area contributed by atoms with Gasteiger partial charge in [-0.3, -0.25) is 4.79 Å². The summed E-state index contributed by atoms with van der Waals surface area (Å²) >= 11 is 1.46. The summed E-state index contributed by atoms with van der Waals surface area (Å²) in [7, 11) is -2.06. The number of carbonyl (C=O) groups excluding carboxylic acids is 1. The maximum Gasteiger partial charge on any atom is 0.200 e. The van der Waals surface area contributed by atoms with Crippen LogP contribution in [-0.4, -0.2) is 24.3 Å². The summed E-state index contributed by atoms with van der Waals surface area (Å²) < 4.78 is 7.08. The molecule has 0 spiro atoms. The Bertz CT molecular complexity index is 598. The molecule has 0 aliphatic heterocycles. The SMILES string of the molecule is CC(C)[Si](O[C@@H](CC(=O)SC(C)(C)C)[C@H](C)Cc1ccccc1)(C(C)C)C(C)C. The van der Waals surface area contributed by atoms with E-state index in [1.54, 1.807) is 0 Å². The van der Waals surface area contributed by atoms with Gasteiger partial charge in [0.15, 0.2) is 5.12 Å². The first-order valence-electron chi connectivity index (χ1n) is 11.2. The Kier molecular flexibility index (Phi) is 10.2. The molecule has 0 heterocycles. The highest BCUT2D eigenvalue weighted by Crippen LogP contribution is 2.44. The van der Waals surface area contributed by atoms with Crippen molar-refractivity contribution in [2.24, 2.45) is 5.92 Å². The van der Waals surface area contributed by atoms with Crippen LogP contribution in [-0.2, 0) is 15.6 Å². The first-order chi connectivity index (χ1) is 13.3. The quantitative estimate of drug-likeness (QED) is 0.349. The third kappa shape index (κ3) is 7.88. The van der Waals surface area contributed by atoms with Gasteiger partial charge in [0.05, 0.1) is 6.10 Å². The molecule has 0 N–H and O–H groups in total. The van der Waals surface area contributed by atoms with E-state index in [0.717, 1.165) is 6.42 Å². The molecule has 0 aliphatic rings. The normalized spacial score (nSPS) is 15.2. The molecule has 2 atom stereocenters. The van der Waals surface area contributed by atoms with Gasteiger partial charge >= 0.3 is 0 Å². The van der Waals surface area contributed by atoms with Crippen LogP contribution in [0.25, 0.3) is 0 Å². The van der Waals surface area contributed by atoms with Crippen molar-refractivity contribution in [1.82, 2.24) is 0 Å². The van der Waals surface area contributed by atoms with Gasteiger partial charge in [0.1, 0.15) is 0 Å². The molecule has 0 saturated heterocycles. The molecule has 0 fully saturated rings. The first kappa shape index (κ1) is 26.5. The molecule has 29 heavy (non-hydrogen) atoms. The van der Waals surface area contributed by atoms with Gasteiger partial charge in [0.2, 0.25) is 8.32 Å². The highest BCUT2D eigenvalue weighted by atomic mass is 32.2. The summed E-state index contributed by atoms with van der Waals surface area (Å²) in [5, 5.41) is 0.251. The molecule has 166 valence electrons. The highest BCUT2D eigenvalue weighted by Gasteiger charge is 2.47. The Morgan fingerprint density at radius 2 is 1.41 bits per heavy atom. The monoisotopic (exact) mass is 436 g/mol. The molecule has 0 saturated carbocycles. The Morgan fingerprint density at radius 1 is 0.931 bits per heavy atom. The molecule has 0 amide bonds. The number of rotatable bonds is 10. The summed E-state index contributed by atoms with van der Waals surface area (Å²) in [5.41, 5.74) is 2.85. The zero-order chi connectivity index (χ0) is 22.4. The van der Waals surface area contributed by atoms with E-state index in [4.69, 9.17) is 4.43 Å². The summed E-state index contributed by atoms with van der Waals surface area (Å²) in [5.74, 6) is 0.296. The van der Waals surface area contributed by atoms with E-state index in [0.29, 0.717) is 29.0 Å². The van der Waals surface area contributed by atoms with E-state index in [2.05, 4.69) is 99.6 Å². The topological polar surface area (TPSA) is 26.3 Å². The molecule has 4 heteroatoms. The van der Waals surface area contributed by atoms with Crippen LogP contribution in [0.15, 0.2) is 30.3 Å². The van der Waals surface area contributed by atoms with Crippen molar-refractivity contribution in [2.75, 3.05) is 0 Å². The predicted octanol–water partition coefficient (Wildman–Crippen LogP) is 7.87. The summed E-state index contributed by atoms with van der Waals surface area (Å²) in [6.07, 6.45) is 1.41. The minimum Gasteiger partial charge on any atom is -0.412 e. The molecule has 1 aromatic carbocycles. The highest BCUT2D eigenvalue weighted by molar-refractivity contribution is 8.14. The summed E-state index contributed by atoms with van der Waals surface area (Å²) in [4.78, 5) is 12.9. The lowest BCUT2D eigenvalue weighted by molar-refractivity contribution is -0.113. The van der Waals surface area contributed by atoms with Crippen molar-refractivity contribution in [2.45, 2.75) is 110 Å². The number of thioether (sulfide) groups is 1. The summed E-state index contributed by atoms with van der Waals surface area (Å²) in [6.45, 7) is 22.5. The van der Waals surface area contributed by atoms with E-state index >= 15 is 0 Å². The maximum atomic E-state index is 12.9. The standard InChI is InChI=1S/C25H44O2SSi/c1-18(2)29(19(3)4,20(5)6)27-23(17-24(26)28-25(8,9)10)21(7)16-22-14-12-11-13-15-22/h11-15,18-21,23H,16-17H2,1-10H3/t21-,23+/m1/s1. The third-order valence-electron chi connectivity index (χ3n) is 5.89. The van der Waals surface area contributed by atoms with Crippen LogP contribution >= 0.6 is 11.8 Å². The number of carbonyl (C=O) groups is 1. The largest absolute Gasteiger partial charge is 0.412 e. The molecule has 0 radical (unpaired) electrons. The second-order valence-corrected chi connectivity index (χ2v) is 17.7. The molecule has 2 nitrogen and oxygen atoms in total. The fourth-order valence-corrected chi connectivity index (χ4v) is 11.3. The molecular formula is C25H44O2SSi. The lowest BCUT2D eigenvalue weighted by Crippen LogP contribution is -2.51. The van der Waals surface area contributed by atoms with Crippen molar-refractivity contribution in [3.05, 3.63) is 35.9 Å². The lowest BCUT2D eigenvalue weighted by atomic mass is 9.94.